The van der Waals surface area contributed by atoms with Gasteiger partial charge in [0.2, 0.25) is 10.0 Å². The Kier molecular flexibility index (Phi) is 5.64. The van der Waals surface area contributed by atoms with Crippen LogP contribution in [0.1, 0.15) is 28.9 Å². The Labute approximate surface area is 166 Å². The summed E-state index contributed by atoms with van der Waals surface area (Å²) in [6.45, 7) is 1.72. The molecule has 0 bridgehead atoms. The number of amides is 1. The van der Waals surface area contributed by atoms with Crippen molar-refractivity contribution >= 4 is 21.6 Å². The lowest BCUT2D eigenvalue weighted by Crippen LogP contribution is -2.26. The van der Waals surface area contributed by atoms with Gasteiger partial charge in [0.1, 0.15) is 11.6 Å². The maximum Gasteiger partial charge on any atom is 0.255 e. The lowest BCUT2D eigenvalue weighted by atomic mass is 10.0. The van der Waals surface area contributed by atoms with Crippen molar-refractivity contribution in [3.63, 3.8) is 0 Å². The standard InChI is InChI=1S/C19H18F2N4O3S/c1-11(12-6-8-13(9-7-12)25-29(2,27)28)23-19(26)14-10-22-24-18(14)17-15(20)4-3-5-16(17)21/h3-11,25H,1-2H3,(H,22,24)(H,23,26). The van der Waals surface area contributed by atoms with Crippen molar-refractivity contribution in [3.05, 3.63) is 71.4 Å². The highest BCUT2D eigenvalue weighted by atomic mass is 32.2. The number of halogens is 2. The van der Waals surface area contributed by atoms with Crippen LogP contribution in [-0.4, -0.2) is 30.8 Å². The molecule has 1 heterocycles. The van der Waals surface area contributed by atoms with Crippen molar-refractivity contribution in [2.24, 2.45) is 0 Å². The van der Waals surface area contributed by atoms with E-state index in [1.54, 1.807) is 31.2 Å². The van der Waals surface area contributed by atoms with Gasteiger partial charge in [-0.2, -0.15) is 5.10 Å². The Balaban J connectivity index is 1.79. The van der Waals surface area contributed by atoms with Crippen molar-refractivity contribution in [2.75, 3.05) is 11.0 Å². The highest BCUT2D eigenvalue weighted by molar-refractivity contribution is 7.92. The molecule has 0 saturated heterocycles. The van der Waals surface area contributed by atoms with Crippen LogP contribution in [0.2, 0.25) is 0 Å². The predicted octanol–water partition coefficient (Wildman–Crippen LogP) is 3.22. The number of nitrogens with one attached hydrogen (secondary N) is 3. The van der Waals surface area contributed by atoms with Gasteiger partial charge in [-0.3, -0.25) is 14.6 Å². The number of carbonyl (C=O) groups is 1. The van der Waals surface area contributed by atoms with E-state index in [0.29, 0.717) is 11.3 Å². The maximum absolute atomic E-state index is 14.1. The monoisotopic (exact) mass is 420 g/mol. The van der Waals surface area contributed by atoms with E-state index in [1.165, 1.54) is 12.3 Å². The fourth-order valence-electron chi connectivity index (χ4n) is 2.80. The molecule has 0 aliphatic rings. The van der Waals surface area contributed by atoms with Crippen molar-refractivity contribution in [3.8, 4) is 11.3 Å². The van der Waals surface area contributed by atoms with Gasteiger partial charge in [-0.1, -0.05) is 18.2 Å². The second kappa shape index (κ2) is 8.00. The topological polar surface area (TPSA) is 104 Å². The van der Waals surface area contributed by atoms with Crippen LogP contribution in [0, 0.1) is 11.6 Å². The molecule has 29 heavy (non-hydrogen) atoms. The minimum atomic E-state index is -3.39. The summed E-state index contributed by atoms with van der Waals surface area (Å²) in [4.78, 5) is 12.7. The summed E-state index contributed by atoms with van der Waals surface area (Å²) in [5, 5.41) is 8.95. The summed E-state index contributed by atoms with van der Waals surface area (Å²) in [5.74, 6) is -2.20. The van der Waals surface area contributed by atoms with Crippen LogP contribution in [0.4, 0.5) is 14.5 Å². The molecule has 3 N–H and O–H groups in total. The highest BCUT2D eigenvalue weighted by Crippen LogP contribution is 2.27. The number of rotatable bonds is 6. The zero-order chi connectivity index (χ0) is 21.2. The zero-order valence-corrected chi connectivity index (χ0v) is 16.3. The fourth-order valence-corrected chi connectivity index (χ4v) is 3.36. The van der Waals surface area contributed by atoms with Gasteiger partial charge in [0, 0.05) is 5.69 Å². The van der Waals surface area contributed by atoms with Gasteiger partial charge < -0.3 is 5.32 Å². The summed E-state index contributed by atoms with van der Waals surface area (Å²) < 4.78 is 53.0. The molecule has 3 rings (SSSR count). The molecular formula is C19H18F2N4O3S. The number of hydrogen-bond acceptors (Lipinski definition) is 4. The number of benzene rings is 2. The largest absolute Gasteiger partial charge is 0.345 e. The van der Waals surface area contributed by atoms with Crippen LogP contribution in [0.15, 0.2) is 48.7 Å². The van der Waals surface area contributed by atoms with Crippen molar-refractivity contribution in [1.82, 2.24) is 15.5 Å². The first-order valence-electron chi connectivity index (χ1n) is 8.52. The minimum Gasteiger partial charge on any atom is -0.345 e. The van der Waals surface area contributed by atoms with Crippen LogP contribution < -0.4 is 10.0 Å². The zero-order valence-electron chi connectivity index (χ0n) is 15.5. The summed E-state index contributed by atoms with van der Waals surface area (Å²) in [5.41, 5.74) is 0.676. The van der Waals surface area contributed by atoms with Crippen LogP contribution in [0.3, 0.4) is 0 Å². The summed E-state index contributed by atoms with van der Waals surface area (Å²) in [6, 6.07) is 9.41. The van der Waals surface area contributed by atoms with E-state index in [1.807, 2.05) is 0 Å². The number of sulfonamides is 1. The van der Waals surface area contributed by atoms with Crippen LogP contribution >= 0.6 is 0 Å². The Bertz CT molecular complexity index is 1120. The van der Waals surface area contributed by atoms with E-state index in [4.69, 9.17) is 0 Å². The predicted molar refractivity (Wildman–Crippen MR) is 105 cm³/mol. The average molecular weight is 420 g/mol. The molecule has 0 aliphatic heterocycles. The Morgan fingerprint density at radius 2 is 1.72 bits per heavy atom. The molecule has 0 saturated carbocycles. The smallest absolute Gasteiger partial charge is 0.255 e. The molecule has 1 unspecified atom stereocenters. The first kappa shape index (κ1) is 20.5. The van der Waals surface area contributed by atoms with Gasteiger partial charge in [-0.25, -0.2) is 17.2 Å². The minimum absolute atomic E-state index is 0.00351. The third-order valence-corrected chi connectivity index (χ3v) is 4.76. The van der Waals surface area contributed by atoms with E-state index in [2.05, 4.69) is 20.2 Å². The molecule has 10 heteroatoms. The highest BCUT2D eigenvalue weighted by Gasteiger charge is 2.22. The number of nitrogens with zero attached hydrogens (tertiary/aromatic N) is 1. The molecule has 1 aromatic heterocycles. The number of H-pyrrole nitrogens is 1. The normalized spacial score (nSPS) is 12.4. The van der Waals surface area contributed by atoms with Gasteiger partial charge in [-0.05, 0) is 36.8 Å². The molecule has 0 fully saturated rings. The summed E-state index contributed by atoms with van der Waals surface area (Å²) in [7, 11) is -3.39. The molecule has 7 nitrogen and oxygen atoms in total. The van der Waals surface area contributed by atoms with Crippen LogP contribution in [-0.2, 0) is 10.0 Å². The quantitative estimate of drug-likeness (QED) is 0.570. The van der Waals surface area contributed by atoms with Gasteiger partial charge in [-0.15, -0.1) is 0 Å². The second-order valence-corrected chi connectivity index (χ2v) is 8.20. The number of anilines is 1. The number of aromatic nitrogens is 2. The number of carbonyl (C=O) groups excluding carboxylic acids is 1. The molecule has 0 spiro atoms. The third kappa shape index (κ3) is 4.77. The molecule has 0 aliphatic carbocycles. The number of hydrogen-bond donors (Lipinski definition) is 3. The molecule has 152 valence electrons. The van der Waals surface area contributed by atoms with E-state index in [-0.39, 0.29) is 16.8 Å². The van der Waals surface area contributed by atoms with Gasteiger partial charge in [0.15, 0.2) is 0 Å². The first-order valence-corrected chi connectivity index (χ1v) is 10.4. The van der Waals surface area contributed by atoms with Gasteiger partial charge in [0.05, 0.1) is 35.3 Å². The molecule has 2 aromatic carbocycles. The SMILES string of the molecule is CC(NC(=O)c1cn[nH]c1-c1c(F)cccc1F)c1ccc(NS(C)(=O)=O)cc1. The lowest BCUT2D eigenvalue weighted by molar-refractivity contribution is 0.0940. The van der Waals surface area contributed by atoms with Gasteiger partial charge >= 0.3 is 0 Å². The summed E-state index contributed by atoms with van der Waals surface area (Å²) >= 11 is 0. The molecule has 1 atom stereocenters. The molecule has 1 amide bonds. The molecular weight excluding hydrogens is 402 g/mol. The third-order valence-electron chi connectivity index (χ3n) is 4.16. The molecule has 0 radical (unpaired) electrons. The summed E-state index contributed by atoms with van der Waals surface area (Å²) in [6.07, 6.45) is 2.24. The number of aromatic amines is 1. The maximum atomic E-state index is 14.1. The Morgan fingerprint density at radius 1 is 1.10 bits per heavy atom. The van der Waals surface area contributed by atoms with Crippen molar-refractivity contribution in [1.29, 1.82) is 0 Å². The lowest BCUT2D eigenvalue weighted by Gasteiger charge is -2.15. The first-order chi connectivity index (χ1) is 13.7. The van der Waals surface area contributed by atoms with Crippen molar-refractivity contribution in [2.45, 2.75) is 13.0 Å². The fraction of sp³-hybridized carbons (Fsp3) is 0.158. The Morgan fingerprint density at radius 3 is 2.31 bits per heavy atom. The van der Waals surface area contributed by atoms with Crippen LogP contribution in [0.5, 0.6) is 0 Å². The van der Waals surface area contributed by atoms with E-state index in [9.17, 15) is 22.0 Å². The molecule has 3 aromatic rings. The van der Waals surface area contributed by atoms with E-state index < -0.39 is 33.6 Å². The van der Waals surface area contributed by atoms with E-state index in [0.717, 1.165) is 18.4 Å². The van der Waals surface area contributed by atoms with Crippen molar-refractivity contribution < 1.29 is 22.0 Å². The van der Waals surface area contributed by atoms with E-state index >= 15 is 0 Å². The Hall–Kier alpha value is -3.27. The average Bonchev–Trinajstić information content (AvgIpc) is 3.10. The second-order valence-electron chi connectivity index (χ2n) is 6.45. The van der Waals surface area contributed by atoms with Gasteiger partial charge in [0.25, 0.3) is 5.91 Å². The van der Waals surface area contributed by atoms with Crippen LogP contribution in [0.25, 0.3) is 11.3 Å².